The summed E-state index contributed by atoms with van der Waals surface area (Å²) in [6, 6.07) is 0. The largest absolute Gasteiger partial charge is 0.339 e. The Balaban J connectivity index is 1.59. The predicted octanol–water partition coefficient (Wildman–Crippen LogP) is 1.35. The van der Waals surface area contributed by atoms with Crippen molar-refractivity contribution in [2.45, 2.75) is 50.9 Å². The SMILES string of the molecule is O=C(c1cnn2c1CN(C(=O)C1(F)CC1)CCC2)N1CCCC1. The average molecular weight is 320 g/mol. The van der Waals surface area contributed by atoms with Crippen LogP contribution in [0.1, 0.15) is 48.2 Å². The molecule has 7 heteroatoms. The van der Waals surface area contributed by atoms with Crippen molar-refractivity contribution in [3.05, 3.63) is 17.5 Å². The van der Waals surface area contributed by atoms with Crippen LogP contribution < -0.4 is 0 Å². The Kier molecular flexibility index (Phi) is 3.39. The van der Waals surface area contributed by atoms with Crippen molar-refractivity contribution >= 4 is 11.8 Å². The molecule has 0 radical (unpaired) electrons. The molecule has 0 unspecified atom stereocenters. The molecule has 2 fully saturated rings. The first kappa shape index (κ1) is 14.7. The zero-order valence-corrected chi connectivity index (χ0v) is 13.1. The van der Waals surface area contributed by atoms with E-state index in [9.17, 15) is 14.0 Å². The smallest absolute Gasteiger partial charge is 0.260 e. The Morgan fingerprint density at radius 1 is 1.04 bits per heavy atom. The first-order valence-corrected chi connectivity index (χ1v) is 8.41. The summed E-state index contributed by atoms with van der Waals surface area (Å²) in [7, 11) is 0. The van der Waals surface area contributed by atoms with Crippen molar-refractivity contribution in [3.8, 4) is 0 Å². The summed E-state index contributed by atoms with van der Waals surface area (Å²) in [5.74, 6) is -0.439. The Labute approximate surface area is 134 Å². The molecule has 0 bridgehead atoms. The molecule has 0 N–H and O–H groups in total. The van der Waals surface area contributed by atoms with E-state index in [1.807, 2.05) is 4.90 Å². The van der Waals surface area contributed by atoms with Crippen molar-refractivity contribution < 1.29 is 14.0 Å². The molecule has 0 aromatic carbocycles. The van der Waals surface area contributed by atoms with Gasteiger partial charge >= 0.3 is 0 Å². The number of aromatic nitrogens is 2. The third kappa shape index (κ3) is 2.52. The first-order valence-electron chi connectivity index (χ1n) is 8.41. The standard InChI is InChI=1S/C16H21FN4O2/c17-16(4-5-16)15(23)20-8-3-9-21-13(11-20)12(10-18-21)14(22)19-6-1-2-7-19/h10H,1-9,11H2. The van der Waals surface area contributed by atoms with Gasteiger partial charge in [-0.1, -0.05) is 0 Å². The van der Waals surface area contributed by atoms with Crippen molar-refractivity contribution in [2.75, 3.05) is 19.6 Å². The van der Waals surface area contributed by atoms with E-state index < -0.39 is 11.6 Å². The van der Waals surface area contributed by atoms with Crippen LogP contribution >= 0.6 is 0 Å². The minimum atomic E-state index is -1.66. The Hall–Kier alpha value is -1.92. The number of amides is 2. The second-order valence-electron chi connectivity index (χ2n) is 6.77. The van der Waals surface area contributed by atoms with Gasteiger partial charge < -0.3 is 9.80 Å². The van der Waals surface area contributed by atoms with Crippen molar-refractivity contribution in [1.29, 1.82) is 0 Å². The second kappa shape index (κ2) is 5.32. The lowest BCUT2D eigenvalue weighted by Gasteiger charge is -2.23. The molecule has 2 amide bonds. The lowest BCUT2D eigenvalue weighted by molar-refractivity contribution is -0.138. The fourth-order valence-corrected chi connectivity index (χ4v) is 3.49. The lowest BCUT2D eigenvalue weighted by atomic mass is 10.2. The summed E-state index contributed by atoms with van der Waals surface area (Å²) in [6.07, 6.45) is 5.04. The van der Waals surface area contributed by atoms with Gasteiger partial charge in [0.05, 0.1) is 24.0 Å². The maximum absolute atomic E-state index is 14.1. The summed E-state index contributed by atoms with van der Waals surface area (Å²) in [6.45, 7) is 3.01. The van der Waals surface area contributed by atoms with Crippen LogP contribution in [0.3, 0.4) is 0 Å². The van der Waals surface area contributed by atoms with E-state index in [0.717, 1.165) is 38.0 Å². The van der Waals surface area contributed by atoms with Gasteiger partial charge in [0, 0.05) is 26.2 Å². The van der Waals surface area contributed by atoms with Crippen LogP contribution in [0.4, 0.5) is 4.39 Å². The molecule has 1 aromatic rings. The number of nitrogens with zero attached hydrogens (tertiary/aromatic N) is 4. The van der Waals surface area contributed by atoms with Gasteiger partial charge in [0.25, 0.3) is 11.8 Å². The molecule has 124 valence electrons. The molecule has 4 rings (SSSR count). The van der Waals surface area contributed by atoms with E-state index in [0.29, 0.717) is 31.5 Å². The van der Waals surface area contributed by atoms with Gasteiger partial charge in [0.15, 0.2) is 5.67 Å². The molecule has 1 aliphatic carbocycles. The van der Waals surface area contributed by atoms with Gasteiger partial charge in [-0.05, 0) is 32.1 Å². The number of rotatable bonds is 2. The van der Waals surface area contributed by atoms with Gasteiger partial charge in [-0.25, -0.2) is 4.39 Å². The Morgan fingerprint density at radius 3 is 2.43 bits per heavy atom. The number of carbonyl (C=O) groups is 2. The van der Waals surface area contributed by atoms with Crippen LogP contribution in [0.15, 0.2) is 6.20 Å². The Bertz CT molecular complexity index is 647. The second-order valence-corrected chi connectivity index (χ2v) is 6.77. The number of hydrogen-bond donors (Lipinski definition) is 0. The highest BCUT2D eigenvalue weighted by atomic mass is 19.1. The number of halogens is 1. The van der Waals surface area contributed by atoms with E-state index in [1.165, 1.54) is 0 Å². The molecule has 0 spiro atoms. The Morgan fingerprint density at radius 2 is 1.74 bits per heavy atom. The molecular formula is C16H21FN4O2. The molecule has 3 heterocycles. The average Bonchev–Trinajstić information content (AvgIpc) is 2.98. The zero-order chi connectivity index (χ0) is 16.0. The van der Waals surface area contributed by atoms with Gasteiger partial charge in [-0.15, -0.1) is 0 Å². The maximum Gasteiger partial charge on any atom is 0.260 e. The van der Waals surface area contributed by atoms with Crippen LogP contribution in [-0.4, -0.2) is 56.7 Å². The van der Waals surface area contributed by atoms with E-state index >= 15 is 0 Å². The van der Waals surface area contributed by atoms with Crippen LogP contribution in [0.2, 0.25) is 0 Å². The van der Waals surface area contributed by atoms with Crippen molar-refractivity contribution in [1.82, 2.24) is 19.6 Å². The molecule has 3 aliphatic rings. The fourth-order valence-electron chi connectivity index (χ4n) is 3.49. The molecule has 1 saturated carbocycles. The highest BCUT2D eigenvalue weighted by Crippen LogP contribution is 2.42. The predicted molar refractivity (Wildman–Crippen MR) is 80.5 cm³/mol. The summed E-state index contributed by atoms with van der Waals surface area (Å²) < 4.78 is 15.9. The third-order valence-electron chi connectivity index (χ3n) is 5.07. The molecule has 1 saturated heterocycles. The van der Waals surface area contributed by atoms with Crippen LogP contribution in [0, 0.1) is 0 Å². The van der Waals surface area contributed by atoms with Crippen LogP contribution in [0.5, 0.6) is 0 Å². The fraction of sp³-hybridized carbons (Fsp3) is 0.688. The summed E-state index contributed by atoms with van der Waals surface area (Å²) >= 11 is 0. The third-order valence-corrected chi connectivity index (χ3v) is 5.07. The van der Waals surface area contributed by atoms with Gasteiger partial charge in [0.2, 0.25) is 0 Å². The monoisotopic (exact) mass is 320 g/mol. The minimum absolute atomic E-state index is 0.0144. The molecule has 1 aromatic heterocycles. The van der Waals surface area contributed by atoms with Gasteiger partial charge in [-0.2, -0.15) is 5.10 Å². The molecule has 0 atom stereocenters. The minimum Gasteiger partial charge on any atom is -0.339 e. The van der Waals surface area contributed by atoms with E-state index in [4.69, 9.17) is 0 Å². The number of carbonyl (C=O) groups excluding carboxylic acids is 2. The summed E-state index contributed by atoms with van der Waals surface area (Å²) in [4.78, 5) is 28.4. The summed E-state index contributed by atoms with van der Waals surface area (Å²) in [5, 5.41) is 4.32. The summed E-state index contributed by atoms with van der Waals surface area (Å²) in [5.41, 5.74) is -0.346. The van der Waals surface area contributed by atoms with Crippen molar-refractivity contribution in [3.63, 3.8) is 0 Å². The van der Waals surface area contributed by atoms with Gasteiger partial charge in [0.1, 0.15) is 0 Å². The van der Waals surface area contributed by atoms with Crippen LogP contribution in [-0.2, 0) is 17.9 Å². The highest BCUT2D eigenvalue weighted by Gasteiger charge is 2.53. The quantitative estimate of drug-likeness (QED) is 0.826. The lowest BCUT2D eigenvalue weighted by Crippen LogP contribution is -2.38. The first-order chi connectivity index (χ1) is 11.1. The van der Waals surface area contributed by atoms with Gasteiger partial charge in [-0.3, -0.25) is 14.3 Å². The number of likely N-dealkylation sites (tertiary alicyclic amines) is 1. The molecule has 2 aliphatic heterocycles. The maximum atomic E-state index is 14.1. The van der Waals surface area contributed by atoms with E-state index in [-0.39, 0.29) is 12.5 Å². The van der Waals surface area contributed by atoms with E-state index in [1.54, 1.807) is 15.8 Å². The van der Waals surface area contributed by atoms with Crippen molar-refractivity contribution in [2.24, 2.45) is 0 Å². The zero-order valence-electron chi connectivity index (χ0n) is 13.1. The molecule has 6 nitrogen and oxygen atoms in total. The number of hydrogen-bond acceptors (Lipinski definition) is 3. The van der Waals surface area contributed by atoms with E-state index in [2.05, 4.69) is 5.10 Å². The highest BCUT2D eigenvalue weighted by molar-refractivity contribution is 5.95. The molecular weight excluding hydrogens is 299 g/mol. The normalized spacial score (nSPS) is 22.7. The number of fused-ring (bicyclic) bond motifs is 1. The van der Waals surface area contributed by atoms with Crippen LogP contribution in [0.25, 0.3) is 0 Å². The number of aryl methyl sites for hydroxylation is 1. The topological polar surface area (TPSA) is 58.4 Å². The molecule has 23 heavy (non-hydrogen) atoms. The number of alkyl halides is 1.